The van der Waals surface area contributed by atoms with Crippen LogP contribution < -0.4 is 0 Å². The van der Waals surface area contributed by atoms with Gasteiger partial charge in [-0.3, -0.25) is 9.78 Å². The van der Waals surface area contributed by atoms with Gasteiger partial charge < -0.3 is 14.7 Å². The molecule has 1 amide bonds. The molecule has 3 heterocycles. The van der Waals surface area contributed by atoms with E-state index in [9.17, 15) is 4.79 Å². The van der Waals surface area contributed by atoms with Crippen LogP contribution in [0.2, 0.25) is 0 Å². The highest BCUT2D eigenvalue weighted by Gasteiger charge is 2.24. The molecular formula is C18H28N4O. The average molecular weight is 316 g/mol. The molecule has 23 heavy (non-hydrogen) atoms. The summed E-state index contributed by atoms with van der Waals surface area (Å²) in [5.74, 6) is 0.835. The number of pyridine rings is 1. The Morgan fingerprint density at radius 3 is 2.78 bits per heavy atom. The minimum absolute atomic E-state index is 0.318. The quantitative estimate of drug-likeness (QED) is 0.842. The van der Waals surface area contributed by atoms with Gasteiger partial charge >= 0.3 is 0 Å². The maximum Gasteiger partial charge on any atom is 0.223 e. The number of hydrogen-bond acceptors (Lipinski definition) is 4. The monoisotopic (exact) mass is 316 g/mol. The van der Waals surface area contributed by atoms with Crippen LogP contribution in [0.1, 0.15) is 30.9 Å². The lowest BCUT2D eigenvalue weighted by molar-refractivity contribution is -0.133. The number of piperidine rings is 1. The highest BCUT2D eigenvalue weighted by Crippen LogP contribution is 2.25. The smallest absolute Gasteiger partial charge is 0.223 e. The molecule has 0 bridgehead atoms. The highest BCUT2D eigenvalue weighted by molar-refractivity contribution is 5.76. The van der Waals surface area contributed by atoms with Crippen LogP contribution in [0.5, 0.6) is 0 Å². The van der Waals surface area contributed by atoms with Crippen molar-refractivity contribution in [2.75, 3.05) is 52.9 Å². The molecule has 2 fully saturated rings. The Balaban J connectivity index is 1.45. The van der Waals surface area contributed by atoms with Crippen LogP contribution in [0.25, 0.3) is 0 Å². The lowest BCUT2D eigenvalue weighted by Crippen LogP contribution is -2.48. The molecule has 0 aromatic carbocycles. The van der Waals surface area contributed by atoms with E-state index in [4.69, 9.17) is 0 Å². The van der Waals surface area contributed by atoms with Crippen molar-refractivity contribution in [3.05, 3.63) is 30.1 Å². The van der Waals surface area contributed by atoms with Gasteiger partial charge in [-0.15, -0.1) is 0 Å². The fraction of sp³-hybridized carbons (Fsp3) is 0.667. The zero-order valence-corrected chi connectivity index (χ0v) is 14.2. The van der Waals surface area contributed by atoms with Gasteiger partial charge in [0.05, 0.1) is 0 Å². The minimum atomic E-state index is 0.318. The fourth-order valence-corrected chi connectivity index (χ4v) is 3.59. The van der Waals surface area contributed by atoms with Crippen LogP contribution >= 0.6 is 0 Å². The second kappa shape index (κ2) is 7.88. The molecule has 2 aliphatic rings. The van der Waals surface area contributed by atoms with Crippen LogP contribution in [0, 0.1) is 0 Å². The predicted octanol–water partition coefficient (Wildman–Crippen LogP) is 1.43. The summed E-state index contributed by atoms with van der Waals surface area (Å²) in [5, 5.41) is 0. The zero-order valence-electron chi connectivity index (χ0n) is 14.2. The molecule has 2 saturated heterocycles. The van der Waals surface area contributed by atoms with Crippen LogP contribution in [-0.2, 0) is 4.79 Å². The van der Waals surface area contributed by atoms with Gasteiger partial charge in [-0.1, -0.05) is 6.07 Å². The molecule has 0 radical (unpaired) electrons. The summed E-state index contributed by atoms with van der Waals surface area (Å²) < 4.78 is 0. The van der Waals surface area contributed by atoms with Crippen molar-refractivity contribution in [3.8, 4) is 0 Å². The van der Waals surface area contributed by atoms with Crippen molar-refractivity contribution >= 4 is 5.91 Å². The van der Waals surface area contributed by atoms with E-state index in [0.29, 0.717) is 18.2 Å². The largest absolute Gasteiger partial charge is 0.340 e. The third-order valence-electron chi connectivity index (χ3n) is 5.11. The van der Waals surface area contributed by atoms with E-state index in [1.807, 2.05) is 17.2 Å². The second-order valence-electron chi connectivity index (χ2n) is 6.83. The van der Waals surface area contributed by atoms with Crippen molar-refractivity contribution in [2.45, 2.75) is 25.2 Å². The van der Waals surface area contributed by atoms with Gasteiger partial charge in [0.25, 0.3) is 0 Å². The first-order chi connectivity index (χ1) is 11.2. The standard InChI is InChI=1S/C18H28N4O/c1-20-11-13-22(14-12-20)18(23)7-10-21-9-4-5-16(15-21)17-6-2-3-8-19-17/h2-3,6,8,16H,4-5,7,9-15H2,1H3. The number of carbonyl (C=O) groups is 1. The van der Waals surface area contributed by atoms with Crippen molar-refractivity contribution in [2.24, 2.45) is 0 Å². The highest BCUT2D eigenvalue weighted by atomic mass is 16.2. The minimum Gasteiger partial charge on any atom is -0.340 e. The van der Waals surface area contributed by atoms with E-state index < -0.39 is 0 Å². The first-order valence-electron chi connectivity index (χ1n) is 8.82. The molecule has 126 valence electrons. The number of amides is 1. The van der Waals surface area contributed by atoms with Gasteiger partial charge in [0, 0.05) is 63.5 Å². The number of rotatable bonds is 4. The summed E-state index contributed by atoms with van der Waals surface area (Å²) >= 11 is 0. The molecule has 3 rings (SSSR count). The Kier molecular flexibility index (Phi) is 5.62. The number of hydrogen-bond donors (Lipinski definition) is 0. The lowest BCUT2D eigenvalue weighted by Gasteiger charge is -2.35. The van der Waals surface area contributed by atoms with Gasteiger partial charge in [-0.2, -0.15) is 0 Å². The van der Waals surface area contributed by atoms with Crippen LogP contribution in [0.4, 0.5) is 0 Å². The lowest BCUT2D eigenvalue weighted by atomic mass is 9.94. The topological polar surface area (TPSA) is 39.7 Å². The van der Waals surface area contributed by atoms with Crippen LogP contribution in [-0.4, -0.2) is 78.5 Å². The first kappa shape index (κ1) is 16.4. The molecule has 1 atom stereocenters. The summed E-state index contributed by atoms with van der Waals surface area (Å²) in [5.41, 5.74) is 1.20. The molecule has 5 nitrogen and oxygen atoms in total. The van der Waals surface area contributed by atoms with E-state index in [0.717, 1.165) is 45.8 Å². The van der Waals surface area contributed by atoms with E-state index in [2.05, 4.69) is 34.0 Å². The molecule has 1 aromatic rings. The summed E-state index contributed by atoms with van der Waals surface area (Å²) in [6, 6.07) is 6.17. The molecule has 5 heteroatoms. The SMILES string of the molecule is CN1CCN(C(=O)CCN2CCCC(c3ccccn3)C2)CC1. The molecule has 1 unspecified atom stereocenters. The van der Waals surface area contributed by atoms with Gasteiger partial charge in [0.1, 0.15) is 0 Å². The molecule has 0 spiro atoms. The Labute approximate surface area is 139 Å². The molecule has 0 aliphatic carbocycles. The van der Waals surface area contributed by atoms with Gasteiger partial charge in [-0.05, 0) is 38.6 Å². The summed E-state index contributed by atoms with van der Waals surface area (Å²) in [6.07, 6.45) is 4.94. The fourth-order valence-electron chi connectivity index (χ4n) is 3.59. The van der Waals surface area contributed by atoms with E-state index in [1.54, 1.807) is 0 Å². The average Bonchev–Trinajstić information content (AvgIpc) is 2.61. The Morgan fingerprint density at radius 2 is 2.04 bits per heavy atom. The van der Waals surface area contributed by atoms with E-state index in [1.165, 1.54) is 18.5 Å². The Morgan fingerprint density at radius 1 is 1.22 bits per heavy atom. The van der Waals surface area contributed by atoms with Crippen molar-refractivity contribution in [3.63, 3.8) is 0 Å². The Bertz CT molecular complexity index is 499. The number of likely N-dealkylation sites (tertiary alicyclic amines) is 1. The van der Waals surface area contributed by atoms with Crippen LogP contribution in [0.3, 0.4) is 0 Å². The maximum absolute atomic E-state index is 12.4. The van der Waals surface area contributed by atoms with Gasteiger partial charge in [-0.25, -0.2) is 0 Å². The van der Waals surface area contributed by atoms with Gasteiger partial charge in [0.15, 0.2) is 0 Å². The number of piperazine rings is 1. The summed E-state index contributed by atoms with van der Waals surface area (Å²) in [4.78, 5) is 23.6. The molecule has 0 saturated carbocycles. The molecular weight excluding hydrogens is 288 g/mol. The predicted molar refractivity (Wildman–Crippen MR) is 91.3 cm³/mol. The van der Waals surface area contributed by atoms with Crippen LogP contribution in [0.15, 0.2) is 24.4 Å². The molecule has 0 N–H and O–H groups in total. The van der Waals surface area contributed by atoms with E-state index >= 15 is 0 Å². The Hall–Kier alpha value is -1.46. The van der Waals surface area contributed by atoms with Crippen molar-refractivity contribution in [1.29, 1.82) is 0 Å². The summed E-state index contributed by atoms with van der Waals surface area (Å²) in [7, 11) is 2.12. The normalized spacial score (nSPS) is 23.9. The molecule has 1 aromatic heterocycles. The number of aromatic nitrogens is 1. The summed E-state index contributed by atoms with van der Waals surface area (Å²) in [6.45, 7) is 6.78. The maximum atomic E-state index is 12.4. The zero-order chi connectivity index (χ0) is 16.1. The number of nitrogens with zero attached hydrogens (tertiary/aromatic N) is 4. The third-order valence-corrected chi connectivity index (χ3v) is 5.11. The number of likely N-dealkylation sites (N-methyl/N-ethyl adjacent to an activating group) is 1. The second-order valence-corrected chi connectivity index (χ2v) is 6.83. The van der Waals surface area contributed by atoms with Crippen molar-refractivity contribution < 1.29 is 4.79 Å². The third kappa shape index (κ3) is 4.52. The molecule has 2 aliphatic heterocycles. The first-order valence-corrected chi connectivity index (χ1v) is 8.82. The number of carbonyl (C=O) groups excluding carboxylic acids is 1. The van der Waals surface area contributed by atoms with Crippen molar-refractivity contribution in [1.82, 2.24) is 19.7 Å². The van der Waals surface area contributed by atoms with Gasteiger partial charge in [0.2, 0.25) is 5.91 Å². The van der Waals surface area contributed by atoms with E-state index in [-0.39, 0.29) is 0 Å².